The second-order valence-electron chi connectivity index (χ2n) is 13.1. The fourth-order valence-electron chi connectivity index (χ4n) is 8.52. The molecule has 50 heavy (non-hydrogen) atoms. The monoisotopic (exact) mass is 672 g/mol. The van der Waals surface area contributed by atoms with Gasteiger partial charge in [0.15, 0.2) is 0 Å². The lowest BCUT2D eigenvalue weighted by molar-refractivity contribution is 0.663. The molecule has 0 aliphatic carbocycles. The largest absolute Gasteiger partial charge is 0.456 e. The third kappa shape index (κ3) is 3.46. The summed E-state index contributed by atoms with van der Waals surface area (Å²) < 4.78 is 17.0. The Labute approximate surface area is 293 Å². The number of fused-ring (bicyclic) bond motifs is 13. The Morgan fingerprint density at radius 1 is 0.380 bits per heavy atom. The molecule has 4 heteroatoms. The van der Waals surface area contributed by atoms with E-state index in [9.17, 15) is 0 Å². The van der Waals surface area contributed by atoms with Gasteiger partial charge in [-0.2, -0.15) is 0 Å². The molecule has 0 spiro atoms. The van der Waals surface area contributed by atoms with Gasteiger partial charge >= 0.3 is 0 Å². The van der Waals surface area contributed by atoms with E-state index in [0.29, 0.717) is 0 Å². The molecule has 0 saturated heterocycles. The normalized spacial score (nSPS) is 12.4. The van der Waals surface area contributed by atoms with Crippen molar-refractivity contribution in [3.63, 3.8) is 0 Å². The Morgan fingerprint density at radius 3 is 1.84 bits per heavy atom. The molecule has 0 fully saturated rings. The zero-order valence-corrected chi connectivity index (χ0v) is 28.1. The molecule has 0 aliphatic heterocycles. The topological polar surface area (TPSA) is 26.3 Å². The van der Waals surface area contributed by atoms with E-state index in [2.05, 4.69) is 133 Å². The first-order valence-electron chi connectivity index (χ1n) is 16.8. The van der Waals surface area contributed by atoms with Gasteiger partial charge in [-0.25, -0.2) is 0 Å². The predicted molar refractivity (Wildman–Crippen MR) is 215 cm³/mol. The molecular formula is C46H24O2S2. The summed E-state index contributed by atoms with van der Waals surface area (Å²) in [5.74, 6) is 0. The number of thiophene rings is 2. The van der Waals surface area contributed by atoms with Crippen LogP contribution in [-0.4, -0.2) is 0 Å². The minimum atomic E-state index is 0.842. The fraction of sp³-hybridized carbons (Fsp3) is 0. The summed E-state index contributed by atoms with van der Waals surface area (Å²) in [7, 11) is 0. The van der Waals surface area contributed by atoms with E-state index in [1.165, 1.54) is 74.1 Å². The highest BCUT2D eigenvalue weighted by Crippen LogP contribution is 2.52. The molecule has 12 rings (SSSR count). The van der Waals surface area contributed by atoms with Gasteiger partial charge in [0.05, 0.1) is 5.39 Å². The van der Waals surface area contributed by atoms with E-state index < -0.39 is 0 Å². The molecule has 4 aromatic heterocycles. The molecule has 0 atom stereocenters. The maximum absolute atomic E-state index is 6.77. The SMILES string of the molecule is c1ccc2c(c1)oc1ccc3c(oc4cccc(-c5c6ccccc6c(-c6c7ccsc7cc7c6sc6ccccc67)c6ccccc56)c43)c12. The van der Waals surface area contributed by atoms with Crippen molar-refractivity contribution < 1.29 is 8.83 Å². The number of benzene rings is 8. The molecule has 8 aromatic carbocycles. The maximum Gasteiger partial charge on any atom is 0.147 e. The summed E-state index contributed by atoms with van der Waals surface area (Å²) in [6.45, 7) is 0. The van der Waals surface area contributed by atoms with Crippen LogP contribution in [0.15, 0.2) is 154 Å². The van der Waals surface area contributed by atoms with Crippen LogP contribution in [0.5, 0.6) is 0 Å². The maximum atomic E-state index is 6.77. The summed E-state index contributed by atoms with van der Waals surface area (Å²) in [4.78, 5) is 0. The Balaban J connectivity index is 1.25. The molecular weight excluding hydrogens is 649 g/mol. The van der Waals surface area contributed by atoms with Gasteiger partial charge in [-0.05, 0) is 86.1 Å². The van der Waals surface area contributed by atoms with E-state index in [-0.39, 0.29) is 0 Å². The summed E-state index contributed by atoms with van der Waals surface area (Å²) in [5.41, 5.74) is 8.50. The average Bonchev–Trinajstić information content (AvgIpc) is 3.95. The molecule has 0 radical (unpaired) electrons. The van der Waals surface area contributed by atoms with Gasteiger partial charge in [0.1, 0.15) is 22.3 Å². The molecule has 232 valence electrons. The minimum absolute atomic E-state index is 0.842. The third-order valence-electron chi connectivity index (χ3n) is 10.6. The molecule has 2 nitrogen and oxygen atoms in total. The third-order valence-corrected chi connectivity index (χ3v) is 12.6. The van der Waals surface area contributed by atoms with Crippen molar-refractivity contribution in [2.24, 2.45) is 0 Å². The van der Waals surface area contributed by atoms with Crippen molar-refractivity contribution in [3.05, 3.63) is 145 Å². The Morgan fingerprint density at radius 2 is 1.04 bits per heavy atom. The second-order valence-corrected chi connectivity index (χ2v) is 15.1. The zero-order chi connectivity index (χ0) is 32.5. The molecule has 12 aromatic rings. The highest BCUT2D eigenvalue weighted by molar-refractivity contribution is 7.26. The van der Waals surface area contributed by atoms with Crippen LogP contribution in [0.1, 0.15) is 0 Å². The lowest BCUT2D eigenvalue weighted by atomic mass is 9.84. The Bertz CT molecular complexity index is 3330. The molecule has 0 aliphatic rings. The van der Waals surface area contributed by atoms with Gasteiger partial charge in [-0.1, -0.05) is 97.1 Å². The molecule has 0 unspecified atom stereocenters. The standard InChI is InChI=1S/C46H24O2S2/c1-3-13-28-26(11-1)40(32-16-9-18-36-41(32)33-20-21-37-43(45(33)48-36)30-15-5-7-17-35(30)47-37)27-12-2-4-14-29(27)42(28)44-31-22-23-49-39(31)24-34-25-10-6-8-19-38(25)50-46(34)44/h1-24H. The van der Waals surface area contributed by atoms with Crippen molar-refractivity contribution in [2.75, 3.05) is 0 Å². The number of furan rings is 2. The Kier molecular flexibility index (Phi) is 5.29. The highest BCUT2D eigenvalue weighted by Gasteiger charge is 2.24. The van der Waals surface area contributed by atoms with Crippen molar-refractivity contribution in [3.8, 4) is 22.3 Å². The average molecular weight is 673 g/mol. The van der Waals surface area contributed by atoms with Crippen molar-refractivity contribution in [2.45, 2.75) is 0 Å². The van der Waals surface area contributed by atoms with Gasteiger partial charge in [0.2, 0.25) is 0 Å². The summed E-state index contributed by atoms with van der Waals surface area (Å²) in [6.07, 6.45) is 0. The molecule has 0 bridgehead atoms. The van der Waals surface area contributed by atoms with Crippen LogP contribution >= 0.6 is 22.7 Å². The second kappa shape index (κ2) is 9.82. The molecule has 0 saturated carbocycles. The predicted octanol–water partition coefficient (Wildman–Crippen LogP) is 14.7. The van der Waals surface area contributed by atoms with Crippen molar-refractivity contribution in [1.82, 2.24) is 0 Å². The highest BCUT2D eigenvalue weighted by atomic mass is 32.1. The van der Waals surface area contributed by atoms with Gasteiger partial charge in [-0.3, -0.25) is 0 Å². The van der Waals surface area contributed by atoms with Crippen LogP contribution in [0.3, 0.4) is 0 Å². The van der Waals surface area contributed by atoms with Crippen LogP contribution in [0.2, 0.25) is 0 Å². The van der Waals surface area contributed by atoms with Gasteiger partial charge in [-0.15, -0.1) is 22.7 Å². The van der Waals surface area contributed by atoms with Crippen LogP contribution in [-0.2, 0) is 0 Å². The number of para-hydroxylation sites is 1. The van der Waals surface area contributed by atoms with E-state index in [0.717, 1.165) is 43.9 Å². The van der Waals surface area contributed by atoms with E-state index in [4.69, 9.17) is 8.83 Å². The number of hydrogen-bond acceptors (Lipinski definition) is 4. The molecule has 0 amide bonds. The lowest BCUT2D eigenvalue weighted by Gasteiger charge is -2.19. The van der Waals surface area contributed by atoms with Crippen LogP contribution in [0.4, 0.5) is 0 Å². The zero-order valence-electron chi connectivity index (χ0n) is 26.5. The summed E-state index contributed by atoms with van der Waals surface area (Å²) >= 11 is 3.74. The first-order chi connectivity index (χ1) is 24.8. The summed E-state index contributed by atoms with van der Waals surface area (Å²) in [6, 6.07) is 50.5. The Hall–Kier alpha value is -5.94. The number of hydrogen-bond donors (Lipinski definition) is 0. The van der Waals surface area contributed by atoms with Crippen LogP contribution in [0, 0.1) is 0 Å². The lowest BCUT2D eigenvalue weighted by Crippen LogP contribution is -1.92. The first kappa shape index (κ1) is 26.9. The molecule has 0 N–H and O–H groups in total. The van der Waals surface area contributed by atoms with Crippen LogP contribution < -0.4 is 0 Å². The summed E-state index contributed by atoms with van der Waals surface area (Å²) in [5, 5.41) is 15.5. The smallest absolute Gasteiger partial charge is 0.147 e. The van der Waals surface area contributed by atoms with E-state index in [1.807, 2.05) is 34.8 Å². The quantitative estimate of drug-likeness (QED) is 0.171. The molecule has 4 heterocycles. The van der Waals surface area contributed by atoms with Crippen LogP contribution in [0.25, 0.3) is 118 Å². The van der Waals surface area contributed by atoms with Gasteiger partial charge < -0.3 is 8.83 Å². The van der Waals surface area contributed by atoms with Crippen molar-refractivity contribution >= 4 is 118 Å². The number of rotatable bonds is 2. The first-order valence-corrected chi connectivity index (χ1v) is 18.5. The van der Waals surface area contributed by atoms with Gasteiger partial charge in [0.25, 0.3) is 0 Å². The van der Waals surface area contributed by atoms with Gasteiger partial charge in [0, 0.05) is 52.0 Å². The van der Waals surface area contributed by atoms with Crippen molar-refractivity contribution in [1.29, 1.82) is 0 Å². The minimum Gasteiger partial charge on any atom is -0.456 e. The van der Waals surface area contributed by atoms with E-state index in [1.54, 1.807) is 0 Å². The van der Waals surface area contributed by atoms with E-state index >= 15 is 0 Å². The fourth-order valence-corrected chi connectivity index (χ4v) is 10.6.